The molecule has 0 aromatic heterocycles. The number of nitrogens with one attached hydrogen (secondary N) is 1. The zero-order chi connectivity index (χ0) is 34.9. The van der Waals surface area contributed by atoms with Crippen LogP contribution in [0, 0.1) is 0 Å². The van der Waals surface area contributed by atoms with Gasteiger partial charge in [-0.1, -0.05) is 167 Å². The molecule has 1 saturated carbocycles. The first kappa shape index (κ1) is 36.8. The van der Waals surface area contributed by atoms with E-state index in [1.807, 2.05) is 72.8 Å². The van der Waals surface area contributed by atoms with E-state index in [9.17, 15) is 0 Å². The third kappa shape index (κ3) is 11.0. The van der Waals surface area contributed by atoms with Crippen LogP contribution < -0.4 is 5.32 Å². The molecule has 4 aromatic carbocycles. The van der Waals surface area contributed by atoms with Crippen LogP contribution >= 0.6 is 0 Å². The van der Waals surface area contributed by atoms with E-state index >= 15 is 0 Å². The summed E-state index contributed by atoms with van der Waals surface area (Å²) in [4.78, 5) is 4.91. The summed E-state index contributed by atoms with van der Waals surface area (Å²) in [5.74, 6) is 0. The maximum atomic E-state index is 6.88. The number of amidine groups is 1. The monoisotopic (exact) mass is 690 g/mol. The lowest BCUT2D eigenvalue weighted by atomic mass is 9.82. The molecule has 6 rings (SSSR count). The van der Waals surface area contributed by atoms with Crippen LogP contribution in [-0.2, 0) is 50.1 Å². The standard InChI is InChI=1S/C44H54N2O5/c1-2-3-4-5-6-7-20-29-45-44-46-38-39(47-30-34-21-12-8-13-22-34)41(48-31-35-23-14-9-15-24-35)43(50-33-37-27-18-11-19-28-37)42(40(38)51-44)49-32-36-25-16-10-17-26-36/h8-19,21-28,38-43H,2-7,20,29-33H2,1H3,(H,45,46)/t38-,39+,40+,41-,42+,43+/m1/s1. The van der Waals surface area contributed by atoms with Crippen molar-refractivity contribution in [3.63, 3.8) is 0 Å². The van der Waals surface area contributed by atoms with E-state index in [-0.39, 0.29) is 6.04 Å². The molecule has 6 atom stereocenters. The zero-order valence-corrected chi connectivity index (χ0v) is 30.0. The van der Waals surface area contributed by atoms with E-state index in [1.165, 1.54) is 38.5 Å². The minimum Gasteiger partial charge on any atom is -0.457 e. The predicted octanol–water partition coefficient (Wildman–Crippen LogP) is 8.81. The lowest BCUT2D eigenvalue weighted by Gasteiger charge is -2.46. The van der Waals surface area contributed by atoms with Gasteiger partial charge in [0.25, 0.3) is 6.02 Å². The van der Waals surface area contributed by atoms with Crippen LogP contribution in [-0.4, -0.2) is 49.1 Å². The SMILES string of the molecule is CCCCCCCCCN=C1N[C@H]2[C@H](O1)[C@H](OCc1ccccc1)[C@@H](OCc1ccccc1)[C@H](OCc1ccccc1)[C@H]2OCc1ccccc1. The Labute approximate surface area is 304 Å². The lowest BCUT2D eigenvalue weighted by Crippen LogP contribution is -2.67. The van der Waals surface area contributed by atoms with Crippen LogP contribution in [0.5, 0.6) is 0 Å². The molecular formula is C44H54N2O5. The molecular weight excluding hydrogens is 636 g/mol. The molecule has 2 fully saturated rings. The Balaban J connectivity index is 1.28. The first-order valence-electron chi connectivity index (χ1n) is 18.9. The molecule has 7 nitrogen and oxygen atoms in total. The topological polar surface area (TPSA) is 70.5 Å². The Bertz CT molecular complexity index is 1450. The summed E-state index contributed by atoms with van der Waals surface area (Å²) in [5.41, 5.74) is 4.33. The second-order valence-electron chi connectivity index (χ2n) is 13.6. The van der Waals surface area contributed by atoms with E-state index in [1.54, 1.807) is 0 Å². The largest absolute Gasteiger partial charge is 0.457 e. The van der Waals surface area contributed by atoms with Gasteiger partial charge in [-0.2, -0.15) is 0 Å². The number of unbranched alkanes of at least 4 members (excludes halogenated alkanes) is 6. The molecule has 1 heterocycles. The van der Waals surface area contributed by atoms with Gasteiger partial charge in [0.15, 0.2) is 6.10 Å². The molecule has 7 heteroatoms. The number of hydrogen-bond donors (Lipinski definition) is 1. The van der Waals surface area contributed by atoms with Gasteiger partial charge in [0.2, 0.25) is 0 Å². The highest BCUT2D eigenvalue weighted by Crippen LogP contribution is 2.36. The summed E-state index contributed by atoms with van der Waals surface area (Å²) in [5, 5.41) is 3.64. The van der Waals surface area contributed by atoms with Gasteiger partial charge in [0.1, 0.15) is 24.4 Å². The lowest BCUT2D eigenvalue weighted by molar-refractivity contribution is -0.240. The Kier molecular flexibility index (Phi) is 14.5. The fourth-order valence-corrected chi connectivity index (χ4v) is 6.93. The number of fused-ring (bicyclic) bond motifs is 1. The molecule has 4 aromatic rings. The van der Waals surface area contributed by atoms with Gasteiger partial charge in [-0.3, -0.25) is 0 Å². The van der Waals surface area contributed by atoms with Crippen molar-refractivity contribution in [3.8, 4) is 0 Å². The number of ether oxygens (including phenoxy) is 5. The predicted molar refractivity (Wildman–Crippen MR) is 202 cm³/mol. The molecule has 2 aliphatic rings. The molecule has 51 heavy (non-hydrogen) atoms. The molecule has 1 aliphatic heterocycles. The molecule has 1 aliphatic carbocycles. The van der Waals surface area contributed by atoms with Crippen molar-refractivity contribution < 1.29 is 23.7 Å². The summed E-state index contributed by atoms with van der Waals surface area (Å²) < 4.78 is 34.1. The first-order chi connectivity index (χ1) is 25.3. The minimum atomic E-state index is -0.496. The van der Waals surface area contributed by atoms with Gasteiger partial charge in [-0.15, -0.1) is 0 Å². The van der Waals surface area contributed by atoms with Crippen molar-refractivity contribution in [1.82, 2.24) is 5.32 Å². The van der Waals surface area contributed by atoms with E-state index in [4.69, 9.17) is 28.7 Å². The molecule has 0 bridgehead atoms. The summed E-state index contributed by atoms with van der Waals surface area (Å²) in [6.07, 6.45) is 6.38. The van der Waals surface area contributed by atoms with E-state index < -0.39 is 30.5 Å². The van der Waals surface area contributed by atoms with Crippen molar-refractivity contribution in [2.24, 2.45) is 4.99 Å². The Hall–Kier alpha value is -4.01. The van der Waals surface area contributed by atoms with Crippen molar-refractivity contribution in [2.45, 2.75) is 115 Å². The minimum absolute atomic E-state index is 0.264. The number of rotatable bonds is 20. The Morgan fingerprint density at radius 3 is 1.35 bits per heavy atom. The summed E-state index contributed by atoms with van der Waals surface area (Å²) in [6, 6.07) is 41.3. The number of nitrogens with zero attached hydrogens (tertiary/aromatic N) is 1. The van der Waals surface area contributed by atoms with Crippen molar-refractivity contribution >= 4 is 6.02 Å². The second-order valence-corrected chi connectivity index (χ2v) is 13.6. The molecule has 270 valence electrons. The average Bonchev–Trinajstić information content (AvgIpc) is 3.61. The number of aliphatic imine (C=N–C) groups is 1. The van der Waals surface area contributed by atoms with E-state index in [2.05, 4.69) is 60.8 Å². The molecule has 1 N–H and O–H groups in total. The molecule has 0 unspecified atom stereocenters. The van der Waals surface area contributed by atoms with Crippen LogP contribution in [0.2, 0.25) is 0 Å². The van der Waals surface area contributed by atoms with Gasteiger partial charge in [0, 0.05) is 6.54 Å². The fourth-order valence-electron chi connectivity index (χ4n) is 6.93. The van der Waals surface area contributed by atoms with Gasteiger partial charge < -0.3 is 29.0 Å². The van der Waals surface area contributed by atoms with Gasteiger partial charge in [-0.05, 0) is 28.7 Å². The molecule has 0 spiro atoms. The van der Waals surface area contributed by atoms with Crippen molar-refractivity contribution in [2.75, 3.05) is 6.54 Å². The first-order valence-corrected chi connectivity index (χ1v) is 18.9. The fraction of sp³-hybridized carbons (Fsp3) is 0.432. The normalized spacial score (nSPS) is 23.4. The smallest absolute Gasteiger partial charge is 0.285 e. The zero-order valence-electron chi connectivity index (χ0n) is 30.0. The summed E-state index contributed by atoms with van der Waals surface area (Å²) in [7, 11) is 0. The summed E-state index contributed by atoms with van der Waals surface area (Å²) >= 11 is 0. The second kappa shape index (κ2) is 20.1. The number of benzene rings is 4. The highest BCUT2D eigenvalue weighted by Gasteiger charge is 2.58. The average molecular weight is 691 g/mol. The van der Waals surface area contributed by atoms with Gasteiger partial charge >= 0.3 is 0 Å². The van der Waals surface area contributed by atoms with Gasteiger partial charge in [0.05, 0.1) is 32.5 Å². The maximum Gasteiger partial charge on any atom is 0.285 e. The van der Waals surface area contributed by atoms with Crippen LogP contribution in [0.15, 0.2) is 126 Å². The van der Waals surface area contributed by atoms with Crippen LogP contribution in [0.25, 0.3) is 0 Å². The third-order valence-electron chi connectivity index (χ3n) is 9.70. The van der Waals surface area contributed by atoms with Crippen molar-refractivity contribution in [3.05, 3.63) is 144 Å². The highest BCUT2D eigenvalue weighted by molar-refractivity contribution is 5.76. The maximum absolute atomic E-state index is 6.88. The molecule has 0 radical (unpaired) electrons. The number of hydrogen-bond acceptors (Lipinski definition) is 6. The van der Waals surface area contributed by atoms with Gasteiger partial charge in [-0.25, -0.2) is 4.99 Å². The highest BCUT2D eigenvalue weighted by atomic mass is 16.6. The van der Waals surface area contributed by atoms with Crippen LogP contribution in [0.4, 0.5) is 0 Å². The van der Waals surface area contributed by atoms with E-state index in [0.717, 1.165) is 28.7 Å². The molecule has 1 saturated heterocycles. The quantitative estimate of drug-likeness (QED) is 0.0936. The van der Waals surface area contributed by atoms with E-state index in [0.29, 0.717) is 39.0 Å². The summed E-state index contributed by atoms with van der Waals surface area (Å²) in [6.45, 7) is 4.61. The third-order valence-corrected chi connectivity index (χ3v) is 9.70. The van der Waals surface area contributed by atoms with Crippen LogP contribution in [0.3, 0.4) is 0 Å². The van der Waals surface area contributed by atoms with Crippen LogP contribution in [0.1, 0.15) is 74.1 Å². The Morgan fingerprint density at radius 2 is 0.882 bits per heavy atom. The molecule has 0 amide bonds. The Morgan fingerprint density at radius 1 is 0.490 bits per heavy atom. The van der Waals surface area contributed by atoms with Crippen molar-refractivity contribution in [1.29, 1.82) is 0 Å².